The number of tetrazole rings is 1. The van der Waals surface area contributed by atoms with E-state index in [4.69, 9.17) is 16.3 Å². The Bertz CT molecular complexity index is 1460. The molecule has 0 saturated heterocycles. The van der Waals surface area contributed by atoms with E-state index in [1.807, 2.05) is 0 Å². The molecule has 0 aliphatic heterocycles. The summed E-state index contributed by atoms with van der Waals surface area (Å²) < 4.78 is 8.09. The minimum Gasteiger partial charge on any atom is -0.456 e. The van der Waals surface area contributed by atoms with Crippen molar-refractivity contribution < 1.29 is 14.3 Å². The second-order valence-electron chi connectivity index (χ2n) is 8.92. The minimum absolute atomic E-state index is 0.192. The van der Waals surface area contributed by atoms with Gasteiger partial charge in [-0.15, -0.1) is 5.10 Å². The number of aromatic nitrogens is 5. The van der Waals surface area contributed by atoms with Gasteiger partial charge in [-0.3, -0.25) is 9.59 Å². The molecule has 2 heterocycles. The summed E-state index contributed by atoms with van der Waals surface area (Å²) in [5.74, 6) is -0.845. The third-order valence-corrected chi connectivity index (χ3v) is 5.21. The van der Waals surface area contributed by atoms with Crippen molar-refractivity contribution in [3.8, 4) is 16.8 Å². The molecule has 4 aromatic rings. The summed E-state index contributed by atoms with van der Waals surface area (Å²) in [5, 5.41) is 14.4. The van der Waals surface area contributed by atoms with Crippen LogP contribution in [0.4, 0.5) is 5.69 Å². The number of halogens is 1. The third kappa shape index (κ3) is 6.02. The van der Waals surface area contributed by atoms with E-state index in [-0.39, 0.29) is 12.1 Å². The minimum atomic E-state index is -0.602. The van der Waals surface area contributed by atoms with E-state index < -0.39 is 17.5 Å². The Hall–Kier alpha value is -4.31. The molecule has 0 saturated carbocycles. The van der Waals surface area contributed by atoms with E-state index >= 15 is 0 Å². The quantitative estimate of drug-likeness (QED) is 0.395. The monoisotopic (exact) mass is 506 g/mol. The number of esters is 1. The number of carbonyl (C=O) groups is 2. The van der Waals surface area contributed by atoms with E-state index in [0.29, 0.717) is 33.1 Å². The summed E-state index contributed by atoms with van der Waals surface area (Å²) in [6, 6.07) is 14.6. The summed E-state index contributed by atoms with van der Waals surface area (Å²) in [6.07, 6.45) is 2.98. The van der Waals surface area contributed by atoms with Gasteiger partial charge >= 0.3 is 5.97 Å². The lowest BCUT2D eigenvalue weighted by Crippen LogP contribution is -2.27. The second-order valence-corrected chi connectivity index (χ2v) is 9.36. The van der Waals surface area contributed by atoms with Crippen LogP contribution in [-0.4, -0.2) is 42.3 Å². The molecule has 0 spiro atoms. The van der Waals surface area contributed by atoms with Crippen molar-refractivity contribution in [2.24, 2.45) is 0 Å². The van der Waals surface area contributed by atoms with Gasteiger partial charge in [0, 0.05) is 28.5 Å². The van der Waals surface area contributed by atoms with Crippen LogP contribution in [0.25, 0.3) is 16.8 Å². The molecule has 2 aromatic heterocycles. The number of rotatable bonds is 6. The number of benzene rings is 2. The van der Waals surface area contributed by atoms with Crippen molar-refractivity contribution in [2.45, 2.75) is 32.9 Å². The lowest BCUT2D eigenvalue weighted by Gasteiger charge is -2.19. The molecule has 0 atom stereocenters. The fraction of sp³-hybridized carbons (Fsp3) is 0.200. The van der Waals surface area contributed by atoms with Gasteiger partial charge in [0.05, 0.1) is 11.3 Å². The molecule has 4 rings (SSSR count). The van der Waals surface area contributed by atoms with Gasteiger partial charge in [-0.1, -0.05) is 11.6 Å². The van der Waals surface area contributed by atoms with Gasteiger partial charge < -0.3 is 14.6 Å². The molecule has 0 radical (unpaired) electrons. The van der Waals surface area contributed by atoms with Crippen LogP contribution in [0.5, 0.6) is 0 Å². The van der Waals surface area contributed by atoms with Crippen LogP contribution < -0.4 is 10.9 Å². The van der Waals surface area contributed by atoms with Crippen molar-refractivity contribution in [1.29, 1.82) is 0 Å². The Labute approximate surface area is 211 Å². The van der Waals surface area contributed by atoms with Crippen LogP contribution in [0, 0.1) is 0 Å². The molecule has 0 aliphatic carbocycles. The first-order valence-corrected chi connectivity index (χ1v) is 11.3. The average molecular weight is 507 g/mol. The summed E-state index contributed by atoms with van der Waals surface area (Å²) in [5.41, 5.74) is 1.80. The van der Waals surface area contributed by atoms with E-state index in [1.54, 1.807) is 69.3 Å². The van der Waals surface area contributed by atoms with Gasteiger partial charge in [-0.2, -0.15) is 4.68 Å². The maximum absolute atomic E-state index is 12.8. The molecule has 0 fully saturated rings. The fourth-order valence-electron chi connectivity index (χ4n) is 3.40. The van der Waals surface area contributed by atoms with Gasteiger partial charge in [0.15, 0.2) is 0 Å². The van der Waals surface area contributed by atoms with Crippen molar-refractivity contribution in [3.05, 3.63) is 88.1 Å². The van der Waals surface area contributed by atoms with E-state index in [1.165, 1.54) is 27.8 Å². The molecule has 36 heavy (non-hydrogen) atoms. The van der Waals surface area contributed by atoms with Gasteiger partial charge in [0.2, 0.25) is 5.91 Å². The van der Waals surface area contributed by atoms with Crippen molar-refractivity contribution in [1.82, 2.24) is 24.8 Å². The van der Waals surface area contributed by atoms with Gasteiger partial charge in [-0.25, -0.2) is 4.79 Å². The number of hydrogen-bond donors (Lipinski definition) is 1. The van der Waals surface area contributed by atoms with E-state index in [0.717, 1.165) is 0 Å². The standard InChI is InChI=1S/C25H23ClN6O4/c1-25(2,3)36-24(35)16-4-7-19(8-5-16)28-22(33)14-31-11-10-17(12-23(31)34)20-13-18(26)6-9-21(20)32-15-27-29-30-32/h4-13,15H,14H2,1-3H3,(H,28,33). The number of anilines is 1. The van der Waals surface area contributed by atoms with E-state index in [9.17, 15) is 14.4 Å². The third-order valence-electron chi connectivity index (χ3n) is 4.98. The highest BCUT2D eigenvalue weighted by Crippen LogP contribution is 2.28. The number of carbonyl (C=O) groups excluding carboxylic acids is 2. The predicted molar refractivity (Wildman–Crippen MR) is 134 cm³/mol. The molecule has 184 valence electrons. The summed E-state index contributed by atoms with van der Waals surface area (Å²) in [7, 11) is 0. The summed E-state index contributed by atoms with van der Waals surface area (Å²) in [4.78, 5) is 37.5. The Balaban J connectivity index is 1.47. The largest absolute Gasteiger partial charge is 0.456 e. The number of pyridine rings is 1. The van der Waals surface area contributed by atoms with Crippen LogP contribution in [0.15, 0.2) is 71.9 Å². The van der Waals surface area contributed by atoms with Gasteiger partial charge in [-0.05, 0) is 85.3 Å². The number of amides is 1. The van der Waals surface area contributed by atoms with Gasteiger partial charge in [0.25, 0.3) is 5.56 Å². The summed E-state index contributed by atoms with van der Waals surface area (Å²) >= 11 is 6.18. The molecule has 0 aliphatic rings. The molecular formula is C25H23ClN6O4. The zero-order valence-corrected chi connectivity index (χ0v) is 20.6. The number of nitrogens with one attached hydrogen (secondary N) is 1. The Morgan fingerprint density at radius 1 is 1.06 bits per heavy atom. The van der Waals surface area contributed by atoms with Gasteiger partial charge in [0.1, 0.15) is 18.5 Å². The molecule has 2 aromatic carbocycles. The van der Waals surface area contributed by atoms with E-state index in [2.05, 4.69) is 20.8 Å². The highest BCUT2D eigenvalue weighted by molar-refractivity contribution is 6.31. The molecule has 11 heteroatoms. The van der Waals surface area contributed by atoms with Crippen molar-refractivity contribution in [2.75, 3.05) is 5.32 Å². The molecule has 0 unspecified atom stereocenters. The fourth-order valence-corrected chi connectivity index (χ4v) is 3.57. The number of ether oxygens (including phenoxy) is 1. The zero-order valence-electron chi connectivity index (χ0n) is 19.8. The Morgan fingerprint density at radius 3 is 2.44 bits per heavy atom. The van der Waals surface area contributed by atoms with Crippen molar-refractivity contribution in [3.63, 3.8) is 0 Å². The molecule has 0 bridgehead atoms. The molecule has 1 N–H and O–H groups in total. The van der Waals surface area contributed by atoms with Crippen molar-refractivity contribution >= 4 is 29.2 Å². The molecule has 1 amide bonds. The SMILES string of the molecule is CC(C)(C)OC(=O)c1ccc(NC(=O)Cn2ccc(-c3cc(Cl)ccc3-n3cnnn3)cc2=O)cc1. The van der Waals surface area contributed by atoms with Crippen LogP contribution in [0.1, 0.15) is 31.1 Å². The smallest absolute Gasteiger partial charge is 0.338 e. The maximum atomic E-state index is 12.8. The normalized spacial score (nSPS) is 11.2. The maximum Gasteiger partial charge on any atom is 0.338 e. The van der Waals surface area contributed by atoms with Crippen LogP contribution in [0.3, 0.4) is 0 Å². The number of nitrogens with zero attached hydrogens (tertiary/aromatic N) is 5. The highest BCUT2D eigenvalue weighted by Gasteiger charge is 2.18. The first-order valence-electron chi connectivity index (χ1n) is 11.0. The molecule has 10 nitrogen and oxygen atoms in total. The first-order chi connectivity index (χ1) is 17.1. The summed E-state index contributed by atoms with van der Waals surface area (Å²) in [6.45, 7) is 5.17. The molecular weight excluding hydrogens is 484 g/mol. The van der Waals surface area contributed by atoms with Crippen LogP contribution >= 0.6 is 11.6 Å². The van der Waals surface area contributed by atoms with Crippen LogP contribution in [-0.2, 0) is 16.1 Å². The Morgan fingerprint density at radius 2 is 1.81 bits per heavy atom. The predicted octanol–water partition coefficient (Wildman–Crippen LogP) is 3.74. The lowest BCUT2D eigenvalue weighted by molar-refractivity contribution is -0.116. The zero-order chi connectivity index (χ0) is 25.9. The topological polar surface area (TPSA) is 121 Å². The average Bonchev–Trinajstić information content (AvgIpc) is 3.34. The first kappa shape index (κ1) is 24.8. The highest BCUT2D eigenvalue weighted by atomic mass is 35.5. The Kier molecular flexibility index (Phi) is 6.98. The second kappa shape index (κ2) is 10.1. The van der Waals surface area contributed by atoms with Crippen LogP contribution in [0.2, 0.25) is 5.02 Å². The number of hydrogen-bond acceptors (Lipinski definition) is 7. The lowest BCUT2D eigenvalue weighted by atomic mass is 10.0.